The quantitative estimate of drug-likeness (QED) is 0.253. The second-order valence-corrected chi connectivity index (χ2v) is 5.71. The van der Waals surface area contributed by atoms with Crippen molar-refractivity contribution in [3.05, 3.63) is 5.28 Å². The maximum Gasteiger partial charge on any atom is 0.327 e. The number of hydrogen-bond donors (Lipinski definition) is 6. The first-order valence-electron chi connectivity index (χ1n) is 6.38. The normalized spacial score (nSPS) is 17.8. The number of hydrogen-bond acceptors (Lipinski definition) is 11. The van der Waals surface area contributed by atoms with Gasteiger partial charge in [0, 0.05) is 7.11 Å². The van der Waals surface area contributed by atoms with Gasteiger partial charge in [-0.2, -0.15) is 9.97 Å². The summed E-state index contributed by atoms with van der Waals surface area (Å²) in [5, 5.41) is 23.4. The summed E-state index contributed by atoms with van der Waals surface area (Å²) < 4.78 is 9.62. The monoisotopic (exact) mass is 369 g/mol. The molecule has 0 spiro atoms. The van der Waals surface area contributed by atoms with E-state index in [-0.39, 0.29) is 30.2 Å². The Hall–Kier alpha value is -1.04. The maximum atomic E-state index is 10.3. The van der Waals surface area contributed by atoms with Gasteiger partial charge >= 0.3 is 8.60 Å². The van der Waals surface area contributed by atoms with E-state index in [2.05, 4.69) is 19.8 Å². The third-order valence-corrected chi connectivity index (χ3v) is 3.80. The number of nitrogens with one attached hydrogen (secondary N) is 1. The highest BCUT2D eigenvalue weighted by atomic mass is 35.5. The second-order valence-electron chi connectivity index (χ2n) is 4.61. The van der Waals surface area contributed by atoms with E-state index in [0.29, 0.717) is 5.69 Å². The smallest absolute Gasteiger partial charge is 0.327 e. The molecule has 0 aliphatic carbocycles. The topological polar surface area (TPSA) is 166 Å². The predicted octanol–water partition coefficient (Wildman–Crippen LogP) is -1.18. The van der Waals surface area contributed by atoms with Crippen molar-refractivity contribution >= 4 is 37.5 Å². The summed E-state index contributed by atoms with van der Waals surface area (Å²) in [6.07, 6.45) is -3.88. The number of nitrogens with two attached hydrogens (primary N) is 1. The number of aliphatic hydroxyl groups excluding tert-OH is 2. The Morgan fingerprint density at radius 1 is 1.43 bits per heavy atom. The molecule has 7 N–H and O–H groups in total. The second kappa shape index (κ2) is 7.69. The Balaban J connectivity index is 2.14. The van der Waals surface area contributed by atoms with Gasteiger partial charge in [-0.3, -0.25) is 0 Å². The van der Waals surface area contributed by atoms with Gasteiger partial charge in [-0.15, -0.1) is 0 Å². The lowest BCUT2D eigenvalue weighted by Gasteiger charge is -2.31. The van der Waals surface area contributed by atoms with Crippen LogP contribution in [0.4, 0.5) is 17.3 Å². The summed E-state index contributed by atoms with van der Waals surface area (Å²) >= 11 is 5.75. The van der Waals surface area contributed by atoms with Crippen LogP contribution in [-0.4, -0.2) is 68.8 Å². The summed E-state index contributed by atoms with van der Waals surface area (Å²) in [7, 11) is -1.31. The van der Waals surface area contributed by atoms with E-state index in [0.717, 1.165) is 0 Å². The third kappa shape index (κ3) is 4.08. The number of methoxy groups -OCH3 is 1. The van der Waals surface area contributed by atoms with Gasteiger partial charge in [0.1, 0.15) is 17.9 Å². The highest BCUT2D eigenvalue weighted by Gasteiger charge is 2.36. The van der Waals surface area contributed by atoms with Crippen LogP contribution in [0.3, 0.4) is 0 Å². The van der Waals surface area contributed by atoms with Crippen LogP contribution in [0.2, 0.25) is 5.28 Å². The van der Waals surface area contributed by atoms with Crippen LogP contribution in [0.5, 0.6) is 0 Å². The minimum absolute atomic E-state index is 0.102. The summed E-state index contributed by atoms with van der Waals surface area (Å²) in [5.41, 5.74) is 6.10. The number of halogens is 1. The van der Waals surface area contributed by atoms with E-state index in [1.54, 1.807) is 0 Å². The van der Waals surface area contributed by atoms with Crippen molar-refractivity contribution in [1.29, 1.82) is 0 Å². The minimum atomic E-state index is -2.60. The molecule has 3 atom stereocenters. The number of ether oxygens (including phenoxy) is 1. The van der Waals surface area contributed by atoms with E-state index < -0.39 is 27.0 Å². The lowest BCUT2D eigenvalue weighted by Crippen LogP contribution is -2.50. The fraction of sp³-hybridized carbons (Fsp3) is 0.600. The Morgan fingerprint density at radius 3 is 2.74 bits per heavy atom. The van der Waals surface area contributed by atoms with Crippen molar-refractivity contribution in [3.8, 4) is 0 Å². The fourth-order valence-electron chi connectivity index (χ4n) is 2.10. The van der Waals surface area contributed by atoms with Gasteiger partial charge < -0.3 is 45.2 Å². The summed E-state index contributed by atoms with van der Waals surface area (Å²) in [6.45, 7) is -0.217. The third-order valence-electron chi connectivity index (χ3n) is 3.25. The number of fused-ring (bicyclic) bond motifs is 1. The van der Waals surface area contributed by atoms with Crippen LogP contribution in [0, 0.1) is 0 Å². The minimum Gasteiger partial charge on any atom is -0.386 e. The molecule has 3 unspecified atom stereocenters. The van der Waals surface area contributed by atoms with Crippen LogP contribution in [0.25, 0.3) is 0 Å². The van der Waals surface area contributed by atoms with Crippen LogP contribution < -0.4 is 16.0 Å². The molecule has 11 nitrogen and oxygen atoms in total. The van der Waals surface area contributed by atoms with Crippen molar-refractivity contribution in [2.75, 3.05) is 36.3 Å². The van der Waals surface area contributed by atoms with Crippen molar-refractivity contribution < 1.29 is 29.3 Å². The Labute approximate surface area is 137 Å². The number of aliphatic hydroxyl groups is 2. The molecular formula is C10H17ClN5O6P. The van der Waals surface area contributed by atoms with Crippen molar-refractivity contribution in [2.24, 2.45) is 0 Å². The van der Waals surface area contributed by atoms with E-state index in [9.17, 15) is 10.2 Å². The zero-order valence-electron chi connectivity index (χ0n) is 12.0. The van der Waals surface area contributed by atoms with Gasteiger partial charge in [0.25, 0.3) is 0 Å². The molecule has 1 aliphatic heterocycles. The van der Waals surface area contributed by atoms with Gasteiger partial charge in [0.2, 0.25) is 5.28 Å². The molecule has 13 heteroatoms. The molecule has 0 aromatic carbocycles. The van der Waals surface area contributed by atoms with Crippen LogP contribution in [0.15, 0.2) is 0 Å². The molecule has 0 saturated heterocycles. The lowest BCUT2D eigenvalue weighted by molar-refractivity contribution is -0.0895. The van der Waals surface area contributed by atoms with E-state index in [4.69, 9.17) is 31.9 Å². The molecule has 1 aliphatic rings. The first-order chi connectivity index (χ1) is 10.8. The predicted molar refractivity (Wildman–Crippen MR) is 82.5 cm³/mol. The standard InChI is InChI=1S/C10H17ClN5O6P/c1-21-4(2-22-23(19)20)6(17)9(18)16-3-13-5-7(12)14-10(11)15-8(5)16/h4,6,9,13,17-20H,2-3H2,1H3,(H2,12,14,15). The zero-order valence-corrected chi connectivity index (χ0v) is 13.6. The van der Waals surface area contributed by atoms with Gasteiger partial charge in [0.15, 0.2) is 17.9 Å². The molecule has 1 aromatic heterocycles. The zero-order chi connectivity index (χ0) is 17.1. The summed E-state index contributed by atoms with van der Waals surface area (Å²) in [5.74, 6) is 0.346. The Morgan fingerprint density at radius 2 is 2.13 bits per heavy atom. The highest BCUT2D eigenvalue weighted by molar-refractivity contribution is 7.39. The molecule has 0 saturated carbocycles. The molecule has 130 valence electrons. The number of aromatic nitrogens is 2. The van der Waals surface area contributed by atoms with Gasteiger partial charge in [-0.1, -0.05) is 0 Å². The van der Waals surface area contributed by atoms with Crippen molar-refractivity contribution in [3.63, 3.8) is 0 Å². The van der Waals surface area contributed by atoms with Gasteiger partial charge in [0.05, 0.1) is 13.3 Å². The highest BCUT2D eigenvalue weighted by Crippen LogP contribution is 2.36. The molecule has 23 heavy (non-hydrogen) atoms. The van der Waals surface area contributed by atoms with E-state index in [1.165, 1.54) is 12.0 Å². The van der Waals surface area contributed by atoms with Crippen molar-refractivity contribution in [2.45, 2.75) is 18.4 Å². The van der Waals surface area contributed by atoms with Crippen LogP contribution in [-0.2, 0) is 9.26 Å². The van der Waals surface area contributed by atoms with E-state index in [1.807, 2.05) is 0 Å². The van der Waals surface area contributed by atoms with Gasteiger partial charge in [-0.25, -0.2) is 0 Å². The first kappa shape index (κ1) is 18.3. The summed E-state index contributed by atoms with van der Waals surface area (Å²) in [6, 6.07) is 0. The maximum absolute atomic E-state index is 10.3. The van der Waals surface area contributed by atoms with Crippen LogP contribution in [0.1, 0.15) is 0 Å². The molecular weight excluding hydrogens is 353 g/mol. The molecule has 2 heterocycles. The average molecular weight is 370 g/mol. The Bertz CT molecular complexity index is 555. The SMILES string of the molecule is COC(COP(O)O)C(O)C(O)N1CNc2c(N)nc(Cl)nc21. The molecule has 0 fully saturated rings. The van der Waals surface area contributed by atoms with Crippen LogP contribution >= 0.6 is 20.2 Å². The number of rotatable bonds is 7. The molecule has 0 amide bonds. The molecule has 0 radical (unpaired) electrons. The molecule has 0 bridgehead atoms. The number of anilines is 3. The first-order valence-corrected chi connectivity index (χ1v) is 7.92. The Kier molecular flexibility index (Phi) is 6.12. The number of nitrogen functional groups attached to an aromatic ring is 1. The van der Waals surface area contributed by atoms with Gasteiger partial charge in [-0.05, 0) is 11.6 Å². The fourth-order valence-corrected chi connectivity index (χ4v) is 2.55. The largest absolute Gasteiger partial charge is 0.386 e. The number of nitrogens with zero attached hydrogens (tertiary/aromatic N) is 3. The average Bonchev–Trinajstić information content (AvgIpc) is 2.90. The molecule has 1 aromatic rings. The lowest BCUT2D eigenvalue weighted by atomic mass is 10.1. The van der Waals surface area contributed by atoms with Crippen molar-refractivity contribution in [1.82, 2.24) is 9.97 Å². The molecule has 2 rings (SSSR count). The van der Waals surface area contributed by atoms with E-state index >= 15 is 0 Å². The summed E-state index contributed by atoms with van der Waals surface area (Å²) in [4.78, 5) is 26.6.